The van der Waals surface area contributed by atoms with Gasteiger partial charge in [0.05, 0.1) is 7.11 Å². The summed E-state index contributed by atoms with van der Waals surface area (Å²) in [5, 5.41) is 0. The third-order valence-corrected chi connectivity index (χ3v) is 3.54. The van der Waals surface area contributed by atoms with Crippen molar-refractivity contribution in [1.82, 2.24) is 0 Å². The first-order valence-electron chi connectivity index (χ1n) is 5.69. The van der Waals surface area contributed by atoms with Gasteiger partial charge in [-0.25, -0.2) is 0 Å². The standard InChI is InChI=1S/C15H16OS/c1-16-14-8-5-9-15(12-14)17-11-10-13-6-3-2-4-7-13/h2-9,12H,10-11H2,1H3. The predicted octanol–water partition coefficient (Wildman–Crippen LogP) is 4.03. The topological polar surface area (TPSA) is 9.23 Å². The minimum absolute atomic E-state index is 0.926. The van der Waals surface area contributed by atoms with Crippen LogP contribution in [0.25, 0.3) is 0 Å². The number of hydrogen-bond donors (Lipinski definition) is 0. The van der Waals surface area contributed by atoms with Crippen molar-refractivity contribution in [2.75, 3.05) is 12.9 Å². The second-order valence-corrected chi connectivity index (χ2v) is 4.93. The van der Waals surface area contributed by atoms with Gasteiger partial charge < -0.3 is 4.74 Å². The van der Waals surface area contributed by atoms with Crippen LogP contribution in [0.4, 0.5) is 0 Å². The fourth-order valence-corrected chi connectivity index (χ4v) is 2.57. The number of methoxy groups -OCH3 is 1. The molecule has 0 radical (unpaired) electrons. The molecule has 0 aliphatic rings. The number of benzene rings is 2. The average Bonchev–Trinajstić information content (AvgIpc) is 2.40. The lowest BCUT2D eigenvalue weighted by atomic mass is 10.2. The van der Waals surface area contributed by atoms with Gasteiger partial charge in [-0.2, -0.15) is 0 Å². The maximum absolute atomic E-state index is 5.21. The van der Waals surface area contributed by atoms with Crippen LogP contribution in [-0.4, -0.2) is 12.9 Å². The van der Waals surface area contributed by atoms with Gasteiger partial charge in [0.2, 0.25) is 0 Å². The Morgan fingerprint density at radius 2 is 1.82 bits per heavy atom. The van der Waals surface area contributed by atoms with Crippen molar-refractivity contribution in [3.8, 4) is 5.75 Å². The summed E-state index contributed by atoms with van der Waals surface area (Å²) >= 11 is 1.86. The molecule has 2 rings (SSSR count). The van der Waals surface area contributed by atoms with Crippen molar-refractivity contribution in [1.29, 1.82) is 0 Å². The minimum atomic E-state index is 0.926. The number of hydrogen-bond acceptors (Lipinski definition) is 2. The molecule has 0 amide bonds. The lowest BCUT2D eigenvalue weighted by Gasteiger charge is -2.04. The second-order valence-electron chi connectivity index (χ2n) is 3.76. The van der Waals surface area contributed by atoms with Crippen LogP contribution < -0.4 is 4.74 Å². The highest BCUT2D eigenvalue weighted by molar-refractivity contribution is 7.99. The van der Waals surface area contributed by atoms with Gasteiger partial charge in [-0.05, 0) is 30.2 Å². The van der Waals surface area contributed by atoms with Crippen LogP contribution in [0.3, 0.4) is 0 Å². The minimum Gasteiger partial charge on any atom is -0.497 e. The Labute approximate surface area is 107 Å². The van der Waals surface area contributed by atoms with E-state index in [0.717, 1.165) is 17.9 Å². The molecule has 0 aliphatic heterocycles. The van der Waals surface area contributed by atoms with Crippen LogP contribution in [0.2, 0.25) is 0 Å². The lowest BCUT2D eigenvalue weighted by Crippen LogP contribution is -1.88. The molecule has 0 saturated carbocycles. The number of rotatable bonds is 5. The van der Waals surface area contributed by atoms with Crippen molar-refractivity contribution >= 4 is 11.8 Å². The van der Waals surface area contributed by atoms with Crippen LogP contribution >= 0.6 is 11.8 Å². The van der Waals surface area contributed by atoms with E-state index in [1.54, 1.807) is 7.11 Å². The molecule has 0 aliphatic carbocycles. The number of aryl methyl sites for hydroxylation is 1. The molecule has 0 fully saturated rings. The number of thioether (sulfide) groups is 1. The molecule has 2 aromatic carbocycles. The first-order valence-corrected chi connectivity index (χ1v) is 6.68. The van der Waals surface area contributed by atoms with E-state index in [4.69, 9.17) is 4.74 Å². The number of ether oxygens (including phenoxy) is 1. The third-order valence-electron chi connectivity index (χ3n) is 2.54. The Kier molecular flexibility index (Phi) is 4.51. The summed E-state index contributed by atoms with van der Waals surface area (Å²) in [5.41, 5.74) is 1.39. The molecule has 0 N–H and O–H groups in total. The van der Waals surface area contributed by atoms with Gasteiger partial charge in [-0.15, -0.1) is 11.8 Å². The van der Waals surface area contributed by atoms with Crippen LogP contribution in [0.15, 0.2) is 59.5 Å². The van der Waals surface area contributed by atoms with Crippen LogP contribution in [0, 0.1) is 0 Å². The Bertz CT molecular complexity index is 453. The van der Waals surface area contributed by atoms with Gasteiger partial charge in [-0.1, -0.05) is 36.4 Å². The van der Waals surface area contributed by atoms with Gasteiger partial charge in [0.1, 0.15) is 5.75 Å². The molecular weight excluding hydrogens is 228 g/mol. The van der Waals surface area contributed by atoms with E-state index in [0.29, 0.717) is 0 Å². The van der Waals surface area contributed by atoms with E-state index in [9.17, 15) is 0 Å². The van der Waals surface area contributed by atoms with Crippen molar-refractivity contribution in [2.45, 2.75) is 11.3 Å². The fraction of sp³-hybridized carbons (Fsp3) is 0.200. The summed E-state index contributed by atoms with van der Waals surface area (Å²) in [4.78, 5) is 1.26. The largest absolute Gasteiger partial charge is 0.497 e. The van der Waals surface area contributed by atoms with Gasteiger partial charge in [-0.3, -0.25) is 0 Å². The summed E-state index contributed by atoms with van der Waals surface area (Å²) in [5.74, 6) is 2.02. The predicted molar refractivity (Wildman–Crippen MR) is 73.9 cm³/mol. The second kappa shape index (κ2) is 6.36. The zero-order valence-corrected chi connectivity index (χ0v) is 10.7. The lowest BCUT2D eigenvalue weighted by molar-refractivity contribution is 0.413. The molecule has 0 atom stereocenters. The molecule has 0 heterocycles. The van der Waals surface area contributed by atoms with Gasteiger partial charge in [0.15, 0.2) is 0 Å². The summed E-state index contributed by atoms with van der Waals surface area (Å²) in [6.07, 6.45) is 1.10. The Hall–Kier alpha value is -1.41. The van der Waals surface area contributed by atoms with Crippen molar-refractivity contribution in [3.63, 3.8) is 0 Å². The molecule has 0 saturated heterocycles. The maximum Gasteiger partial charge on any atom is 0.119 e. The van der Waals surface area contributed by atoms with E-state index in [-0.39, 0.29) is 0 Å². The zero-order valence-electron chi connectivity index (χ0n) is 9.93. The van der Waals surface area contributed by atoms with Gasteiger partial charge in [0, 0.05) is 10.6 Å². The molecule has 1 nitrogen and oxygen atoms in total. The average molecular weight is 244 g/mol. The Morgan fingerprint density at radius 3 is 2.59 bits per heavy atom. The SMILES string of the molecule is COc1cccc(SCCc2ccccc2)c1. The smallest absolute Gasteiger partial charge is 0.119 e. The van der Waals surface area contributed by atoms with E-state index < -0.39 is 0 Å². The fourth-order valence-electron chi connectivity index (χ4n) is 1.62. The molecule has 2 aromatic rings. The molecule has 0 bridgehead atoms. The van der Waals surface area contributed by atoms with E-state index in [1.807, 2.05) is 23.9 Å². The summed E-state index contributed by atoms with van der Waals surface area (Å²) in [7, 11) is 1.70. The first-order chi connectivity index (χ1) is 8.38. The van der Waals surface area contributed by atoms with Gasteiger partial charge >= 0.3 is 0 Å². The Balaban J connectivity index is 1.86. The normalized spacial score (nSPS) is 10.2. The highest BCUT2D eigenvalue weighted by Crippen LogP contribution is 2.23. The molecule has 17 heavy (non-hydrogen) atoms. The molecular formula is C15H16OS. The quantitative estimate of drug-likeness (QED) is 0.734. The molecule has 0 aromatic heterocycles. The van der Waals surface area contributed by atoms with Gasteiger partial charge in [0.25, 0.3) is 0 Å². The monoisotopic (exact) mass is 244 g/mol. The molecule has 0 spiro atoms. The van der Waals surface area contributed by atoms with E-state index in [1.165, 1.54) is 10.5 Å². The first kappa shape index (κ1) is 12.1. The van der Waals surface area contributed by atoms with Crippen LogP contribution in [-0.2, 0) is 6.42 Å². The third kappa shape index (κ3) is 3.82. The highest BCUT2D eigenvalue weighted by Gasteiger charge is 1.97. The van der Waals surface area contributed by atoms with Crippen molar-refractivity contribution in [3.05, 3.63) is 60.2 Å². The van der Waals surface area contributed by atoms with Crippen molar-refractivity contribution < 1.29 is 4.74 Å². The van der Waals surface area contributed by atoms with Crippen LogP contribution in [0.1, 0.15) is 5.56 Å². The van der Waals surface area contributed by atoms with Crippen molar-refractivity contribution in [2.24, 2.45) is 0 Å². The summed E-state index contributed by atoms with van der Waals surface area (Å²) < 4.78 is 5.21. The molecule has 0 unspecified atom stereocenters. The summed E-state index contributed by atoms with van der Waals surface area (Å²) in [6.45, 7) is 0. The molecule has 2 heteroatoms. The molecule has 88 valence electrons. The van der Waals surface area contributed by atoms with E-state index in [2.05, 4.69) is 42.5 Å². The zero-order chi connectivity index (χ0) is 11.9. The highest BCUT2D eigenvalue weighted by atomic mass is 32.2. The Morgan fingerprint density at radius 1 is 1.00 bits per heavy atom. The van der Waals surface area contributed by atoms with Crippen LogP contribution in [0.5, 0.6) is 5.75 Å². The maximum atomic E-state index is 5.21. The summed E-state index contributed by atoms with van der Waals surface area (Å²) in [6, 6.07) is 18.8. The van der Waals surface area contributed by atoms with E-state index >= 15 is 0 Å².